The van der Waals surface area contributed by atoms with Crippen molar-refractivity contribution >= 4 is 28.4 Å². The minimum atomic E-state index is -0.557. The molecule has 3 rings (SSSR count). The van der Waals surface area contributed by atoms with Gasteiger partial charge in [-0.3, -0.25) is 19.7 Å². The highest BCUT2D eigenvalue weighted by atomic mass is 16.3. The number of para-hydroxylation sites is 1. The Morgan fingerprint density at radius 1 is 1.06 bits per heavy atom. The molecule has 18 heavy (non-hydrogen) atoms. The molecule has 0 spiro atoms. The third-order valence-electron chi connectivity index (χ3n) is 2.66. The van der Waals surface area contributed by atoms with Gasteiger partial charge in [0.05, 0.1) is 11.0 Å². The van der Waals surface area contributed by atoms with Gasteiger partial charge in [-0.05, 0) is 12.1 Å². The molecule has 0 radical (unpaired) electrons. The number of fused-ring (bicyclic) bond motifs is 1. The zero-order valence-electron chi connectivity index (χ0n) is 9.10. The lowest BCUT2D eigenvalue weighted by molar-refractivity contribution is -0.123. The highest BCUT2D eigenvalue weighted by Crippen LogP contribution is 2.20. The zero-order chi connectivity index (χ0) is 12.7. The van der Waals surface area contributed by atoms with E-state index in [-0.39, 0.29) is 16.8 Å². The summed E-state index contributed by atoms with van der Waals surface area (Å²) < 4.78 is 5.46. The molecule has 0 saturated carbocycles. The van der Waals surface area contributed by atoms with Crippen molar-refractivity contribution in [1.82, 2.24) is 5.32 Å². The Bertz CT molecular complexity index is 770. The van der Waals surface area contributed by atoms with E-state index in [1.54, 1.807) is 24.3 Å². The molecular formula is C13H7NO4. The van der Waals surface area contributed by atoms with Crippen molar-refractivity contribution in [1.29, 1.82) is 0 Å². The maximum atomic E-state index is 11.8. The van der Waals surface area contributed by atoms with Gasteiger partial charge in [-0.25, -0.2) is 0 Å². The lowest BCUT2D eigenvalue weighted by atomic mass is 10.1. The van der Waals surface area contributed by atoms with Gasteiger partial charge in [0.15, 0.2) is 5.43 Å². The molecule has 1 aromatic heterocycles. The van der Waals surface area contributed by atoms with Gasteiger partial charge in [0.1, 0.15) is 11.3 Å². The van der Waals surface area contributed by atoms with Gasteiger partial charge >= 0.3 is 0 Å². The minimum Gasteiger partial charge on any atom is -0.456 e. The molecule has 5 nitrogen and oxygen atoms in total. The van der Waals surface area contributed by atoms with Crippen molar-refractivity contribution in [2.24, 2.45) is 0 Å². The fraction of sp³-hybridized carbons (Fsp3) is 0. The highest BCUT2D eigenvalue weighted by Gasteiger charge is 2.24. The summed E-state index contributed by atoms with van der Waals surface area (Å²) in [5.41, 5.74) is 0.204. The van der Waals surface area contributed by atoms with Crippen molar-refractivity contribution in [2.45, 2.75) is 0 Å². The van der Waals surface area contributed by atoms with Crippen molar-refractivity contribution in [3.05, 3.63) is 52.4 Å². The predicted molar refractivity (Wildman–Crippen MR) is 63.6 cm³/mol. The Balaban J connectivity index is 2.26. The maximum absolute atomic E-state index is 11.8. The smallest absolute Gasteiger partial charge is 0.262 e. The normalized spacial score (nSPS) is 14.8. The second-order valence-corrected chi connectivity index (χ2v) is 3.85. The molecule has 1 aromatic carbocycles. The number of carbonyl (C=O) groups excluding carboxylic acids is 2. The molecule has 0 saturated heterocycles. The van der Waals surface area contributed by atoms with E-state index in [1.807, 2.05) is 0 Å². The van der Waals surface area contributed by atoms with Crippen LogP contribution in [-0.2, 0) is 9.59 Å². The van der Waals surface area contributed by atoms with E-state index in [1.165, 1.54) is 6.07 Å². The summed E-state index contributed by atoms with van der Waals surface area (Å²) in [5, 5.41) is 2.54. The Kier molecular flexibility index (Phi) is 2.13. The largest absolute Gasteiger partial charge is 0.456 e. The summed E-state index contributed by atoms with van der Waals surface area (Å²) in [6, 6.07) is 7.94. The Hall–Kier alpha value is -2.69. The molecule has 1 aliphatic heterocycles. The first-order chi connectivity index (χ1) is 8.65. The van der Waals surface area contributed by atoms with Crippen LogP contribution in [0.25, 0.3) is 16.5 Å². The van der Waals surface area contributed by atoms with E-state index in [9.17, 15) is 14.4 Å². The van der Waals surface area contributed by atoms with Crippen LogP contribution in [0, 0.1) is 0 Å². The Morgan fingerprint density at radius 3 is 2.56 bits per heavy atom. The van der Waals surface area contributed by atoms with E-state index < -0.39 is 11.8 Å². The molecule has 0 bridgehead atoms. The zero-order valence-corrected chi connectivity index (χ0v) is 9.10. The fourth-order valence-corrected chi connectivity index (χ4v) is 1.83. The van der Waals surface area contributed by atoms with Gasteiger partial charge in [-0.2, -0.15) is 0 Å². The lowest BCUT2D eigenvalue weighted by Crippen LogP contribution is -2.22. The van der Waals surface area contributed by atoms with Crippen LogP contribution in [0.4, 0.5) is 0 Å². The average Bonchev–Trinajstić information content (AvgIpc) is 2.68. The first-order valence-electron chi connectivity index (χ1n) is 5.25. The van der Waals surface area contributed by atoms with Crippen LogP contribution >= 0.6 is 0 Å². The number of rotatable bonds is 1. The minimum absolute atomic E-state index is 0.0721. The number of hydrogen-bond acceptors (Lipinski definition) is 4. The van der Waals surface area contributed by atoms with Gasteiger partial charge in [0.25, 0.3) is 11.8 Å². The summed E-state index contributed by atoms with van der Waals surface area (Å²) in [6.07, 6.45) is 1.12. The lowest BCUT2D eigenvalue weighted by Gasteiger charge is -2.01. The van der Waals surface area contributed by atoms with Gasteiger partial charge < -0.3 is 4.42 Å². The highest BCUT2D eigenvalue weighted by molar-refractivity contribution is 6.33. The van der Waals surface area contributed by atoms with E-state index >= 15 is 0 Å². The topological polar surface area (TPSA) is 76.4 Å². The van der Waals surface area contributed by atoms with E-state index in [0.29, 0.717) is 11.0 Å². The Labute approximate surface area is 101 Å². The SMILES string of the molecule is O=C1C=C(c2cc(=O)c3ccccc3o2)C(=O)N1. The molecule has 2 amide bonds. The van der Waals surface area contributed by atoms with Crippen LogP contribution < -0.4 is 10.7 Å². The third kappa shape index (κ3) is 1.53. The van der Waals surface area contributed by atoms with Crippen molar-refractivity contribution in [3.63, 3.8) is 0 Å². The average molecular weight is 241 g/mol. The molecule has 2 heterocycles. The first-order valence-corrected chi connectivity index (χ1v) is 5.25. The number of benzene rings is 1. The van der Waals surface area contributed by atoms with Crippen LogP contribution in [0.1, 0.15) is 5.76 Å². The second kappa shape index (κ2) is 3.66. The van der Waals surface area contributed by atoms with Crippen molar-refractivity contribution < 1.29 is 14.0 Å². The maximum Gasteiger partial charge on any atom is 0.262 e. The first kappa shape index (κ1) is 10.5. The molecule has 88 valence electrons. The molecule has 0 atom stereocenters. The van der Waals surface area contributed by atoms with Crippen LogP contribution in [0.2, 0.25) is 0 Å². The van der Waals surface area contributed by atoms with Gasteiger partial charge in [0, 0.05) is 12.1 Å². The number of imide groups is 1. The quantitative estimate of drug-likeness (QED) is 0.750. The van der Waals surface area contributed by atoms with Crippen molar-refractivity contribution in [3.8, 4) is 0 Å². The second-order valence-electron chi connectivity index (χ2n) is 3.85. The van der Waals surface area contributed by atoms with E-state index in [0.717, 1.165) is 6.08 Å². The van der Waals surface area contributed by atoms with Crippen LogP contribution in [-0.4, -0.2) is 11.8 Å². The monoisotopic (exact) mass is 241 g/mol. The molecule has 2 aromatic rings. The standard InChI is InChI=1S/C13H7NO4/c15-9-6-11(8-5-12(16)14-13(8)17)18-10-4-2-1-3-7(9)10/h1-6H,(H,14,16,17). The molecule has 5 heteroatoms. The van der Waals surface area contributed by atoms with Crippen LogP contribution in [0.3, 0.4) is 0 Å². The van der Waals surface area contributed by atoms with Crippen LogP contribution in [0.15, 0.2) is 45.6 Å². The number of hydrogen-bond donors (Lipinski definition) is 1. The molecule has 0 aliphatic carbocycles. The molecule has 0 unspecified atom stereocenters. The summed E-state index contributed by atoms with van der Waals surface area (Å²) in [4.78, 5) is 34.4. The number of carbonyl (C=O) groups is 2. The van der Waals surface area contributed by atoms with Gasteiger partial charge in [0.2, 0.25) is 0 Å². The molecule has 0 fully saturated rings. The van der Waals surface area contributed by atoms with Gasteiger partial charge in [-0.1, -0.05) is 12.1 Å². The molecule has 1 aliphatic rings. The van der Waals surface area contributed by atoms with Crippen molar-refractivity contribution in [2.75, 3.05) is 0 Å². The van der Waals surface area contributed by atoms with E-state index in [2.05, 4.69) is 5.32 Å². The number of nitrogens with one attached hydrogen (secondary N) is 1. The molecular weight excluding hydrogens is 234 g/mol. The summed E-state index contributed by atoms with van der Waals surface area (Å²) in [5.74, 6) is -0.966. The van der Waals surface area contributed by atoms with Gasteiger partial charge in [-0.15, -0.1) is 0 Å². The fourth-order valence-electron chi connectivity index (χ4n) is 1.83. The summed E-state index contributed by atoms with van der Waals surface area (Å²) >= 11 is 0. The number of amides is 2. The third-order valence-corrected chi connectivity index (χ3v) is 2.66. The predicted octanol–water partition coefficient (Wildman–Crippen LogP) is 0.833. The summed E-state index contributed by atoms with van der Waals surface area (Å²) in [7, 11) is 0. The molecule has 1 N–H and O–H groups in total. The van der Waals surface area contributed by atoms with E-state index in [4.69, 9.17) is 4.42 Å². The van der Waals surface area contributed by atoms with Crippen LogP contribution in [0.5, 0.6) is 0 Å². The summed E-state index contributed by atoms with van der Waals surface area (Å²) in [6.45, 7) is 0. The Morgan fingerprint density at radius 2 is 1.83 bits per heavy atom.